The van der Waals surface area contributed by atoms with Gasteiger partial charge in [-0.15, -0.1) is 0 Å². The molecule has 0 aromatic heterocycles. The molecule has 1 N–H and O–H groups in total. The fraction of sp³-hybridized carbons (Fsp3) is 0.889. The van der Waals surface area contributed by atoms with Crippen LogP contribution in [0.5, 0.6) is 0 Å². The SMILES string of the molecule is CCOC(=O)C(CC)NCCSC(F)(F)F. The average Bonchev–Trinajstić information content (AvgIpc) is 2.16. The summed E-state index contributed by atoms with van der Waals surface area (Å²) >= 11 is -0.104. The normalized spacial score (nSPS) is 13.6. The molecule has 0 aromatic carbocycles. The third-order valence-corrected chi connectivity index (χ3v) is 2.47. The van der Waals surface area contributed by atoms with Crippen molar-refractivity contribution >= 4 is 17.7 Å². The molecule has 0 radical (unpaired) electrons. The molecule has 0 bridgehead atoms. The standard InChI is InChI=1S/C9H16F3NO2S/c1-3-7(8(14)15-4-2)13-5-6-16-9(10,11)12/h7,13H,3-6H2,1-2H3. The van der Waals surface area contributed by atoms with Crippen molar-refractivity contribution in [2.75, 3.05) is 18.9 Å². The van der Waals surface area contributed by atoms with E-state index in [-0.39, 0.29) is 30.7 Å². The molecule has 16 heavy (non-hydrogen) atoms. The van der Waals surface area contributed by atoms with Gasteiger partial charge < -0.3 is 10.1 Å². The number of carbonyl (C=O) groups is 1. The van der Waals surface area contributed by atoms with E-state index in [4.69, 9.17) is 4.74 Å². The maximum Gasteiger partial charge on any atom is 0.441 e. The number of esters is 1. The Labute approximate surface area is 97.1 Å². The number of hydrogen-bond acceptors (Lipinski definition) is 4. The molecule has 0 rings (SSSR count). The zero-order chi connectivity index (χ0) is 12.6. The van der Waals surface area contributed by atoms with Crippen LogP contribution >= 0.6 is 11.8 Å². The van der Waals surface area contributed by atoms with E-state index >= 15 is 0 Å². The van der Waals surface area contributed by atoms with Crippen LogP contribution < -0.4 is 5.32 Å². The Morgan fingerprint density at radius 3 is 2.50 bits per heavy atom. The Bertz CT molecular complexity index is 211. The van der Waals surface area contributed by atoms with Crippen molar-refractivity contribution < 1.29 is 22.7 Å². The van der Waals surface area contributed by atoms with Crippen LogP contribution in [0.4, 0.5) is 13.2 Å². The van der Waals surface area contributed by atoms with Crippen LogP contribution in [0.1, 0.15) is 20.3 Å². The maximum atomic E-state index is 11.8. The lowest BCUT2D eigenvalue weighted by molar-refractivity contribution is -0.145. The molecule has 0 heterocycles. The molecule has 0 aliphatic rings. The van der Waals surface area contributed by atoms with Gasteiger partial charge in [0.1, 0.15) is 6.04 Å². The molecule has 3 nitrogen and oxygen atoms in total. The van der Waals surface area contributed by atoms with Crippen LogP contribution in [-0.4, -0.2) is 36.4 Å². The first-order valence-corrected chi connectivity index (χ1v) is 6.00. The highest BCUT2D eigenvalue weighted by atomic mass is 32.2. The van der Waals surface area contributed by atoms with Gasteiger partial charge >= 0.3 is 11.5 Å². The smallest absolute Gasteiger partial charge is 0.441 e. The van der Waals surface area contributed by atoms with Crippen molar-refractivity contribution in [1.29, 1.82) is 0 Å². The molecule has 1 atom stereocenters. The first kappa shape index (κ1) is 15.6. The van der Waals surface area contributed by atoms with Gasteiger partial charge in [-0.25, -0.2) is 0 Å². The second kappa shape index (κ2) is 7.78. The topological polar surface area (TPSA) is 38.3 Å². The van der Waals surface area contributed by atoms with E-state index in [9.17, 15) is 18.0 Å². The number of hydrogen-bond donors (Lipinski definition) is 1. The summed E-state index contributed by atoms with van der Waals surface area (Å²) in [7, 11) is 0. The fourth-order valence-corrected chi connectivity index (χ4v) is 1.49. The minimum Gasteiger partial charge on any atom is -0.465 e. The van der Waals surface area contributed by atoms with Crippen molar-refractivity contribution in [2.45, 2.75) is 31.8 Å². The van der Waals surface area contributed by atoms with E-state index in [2.05, 4.69) is 5.32 Å². The van der Waals surface area contributed by atoms with E-state index in [1.165, 1.54) is 0 Å². The van der Waals surface area contributed by atoms with Crippen LogP contribution in [0, 0.1) is 0 Å². The summed E-state index contributed by atoms with van der Waals surface area (Å²) in [6.07, 6.45) is 0.496. The number of rotatable bonds is 7. The second-order valence-electron chi connectivity index (χ2n) is 2.96. The van der Waals surface area contributed by atoms with E-state index in [1.807, 2.05) is 0 Å². The van der Waals surface area contributed by atoms with Gasteiger partial charge in [-0.1, -0.05) is 6.92 Å². The van der Waals surface area contributed by atoms with Crippen molar-refractivity contribution in [1.82, 2.24) is 5.32 Å². The van der Waals surface area contributed by atoms with E-state index in [0.717, 1.165) is 0 Å². The summed E-state index contributed by atoms with van der Waals surface area (Å²) in [6, 6.07) is -0.520. The van der Waals surface area contributed by atoms with E-state index in [0.29, 0.717) is 6.42 Å². The molecule has 0 amide bonds. The second-order valence-corrected chi connectivity index (χ2v) is 4.12. The van der Waals surface area contributed by atoms with Crippen LogP contribution in [-0.2, 0) is 9.53 Å². The van der Waals surface area contributed by atoms with Crippen LogP contribution in [0.15, 0.2) is 0 Å². The maximum absolute atomic E-state index is 11.8. The third-order valence-electron chi connectivity index (χ3n) is 1.74. The quantitative estimate of drug-likeness (QED) is 0.562. The number of nitrogens with one attached hydrogen (secondary N) is 1. The Morgan fingerprint density at radius 2 is 2.06 bits per heavy atom. The predicted octanol–water partition coefficient (Wildman–Crippen LogP) is 2.17. The monoisotopic (exact) mass is 259 g/mol. The molecule has 96 valence electrons. The molecule has 1 unspecified atom stereocenters. The zero-order valence-corrected chi connectivity index (χ0v) is 10.1. The Balaban J connectivity index is 3.75. The molecule has 0 saturated heterocycles. The average molecular weight is 259 g/mol. The molecule has 0 spiro atoms. The van der Waals surface area contributed by atoms with Gasteiger partial charge in [0.2, 0.25) is 0 Å². The van der Waals surface area contributed by atoms with Crippen LogP contribution in [0.25, 0.3) is 0 Å². The molecule has 0 fully saturated rings. The number of thioether (sulfide) groups is 1. The molecule has 0 aliphatic carbocycles. The Morgan fingerprint density at radius 1 is 1.44 bits per heavy atom. The summed E-state index contributed by atoms with van der Waals surface area (Å²) < 4.78 is 40.1. The van der Waals surface area contributed by atoms with Gasteiger partial charge in [-0.05, 0) is 25.1 Å². The summed E-state index contributed by atoms with van der Waals surface area (Å²) in [5.41, 5.74) is -4.21. The van der Waals surface area contributed by atoms with Crippen molar-refractivity contribution in [3.63, 3.8) is 0 Å². The van der Waals surface area contributed by atoms with Gasteiger partial charge in [0.15, 0.2) is 0 Å². The first-order valence-electron chi connectivity index (χ1n) is 5.01. The van der Waals surface area contributed by atoms with E-state index < -0.39 is 17.5 Å². The highest BCUT2D eigenvalue weighted by molar-refractivity contribution is 8.00. The summed E-state index contributed by atoms with van der Waals surface area (Å²) in [4.78, 5) is 11.3. The van der Waals surface area contributed by atoms with Crippen molar-refractivity contribution in [2.24, 2.45) is 0 Å². The summed E-state index contributed by atoms with van der Waals surface area (Å²) in [5.74, 6) is -0.527. The van der Waals surface area contributed by atoms with Gasteiger partial charge in [0.05, 0.1) is 6.61 Å². The van der Waals surface area contributed by atoms with Crippen molar-refractivity contribution in [3.05, 3.63) is 0 Å². The van der Waals surface area contributed by atoms with Crippen molar-refractivity contribution in [3.8, 4) is 0 Å². The summed E-state index contributed by atoms with van der Waals surface area (Å²) in [5, 5.41) is 2.73. The van der Waals surface area contributed by atoms with Gasteiger partial charge in [0.25, 0.3) is 0 Å². The highest BCUT2D eigenvalue weighted by Crippen LogP contribution is 2.29. The van der Waals surface area contributed by atoms with Crippen LogP contribution in [0.3, 0.4) is 0 Å². The lowest BCUT2D eigenvalue weighted by atomic mass is 10.2. The summed E-state index contributed by atoms with van der Waals surface area (Å²) in [6.45, 7) is 3.85. The van der Waals surface area contributed by atoms with Gasteiger partial charge in [-0.3, -0.25) is 4.79 Å². The molecule has 0 aromatic rings. The number of ether oxygens (including phenoxy) is 1. The number of carbonyl (C=O) groups excluding carboxylic acids is 1. The number of halogens is 3. The molecule has 0 saturated carbocycles. The Kier molecular flexibility index (Phi) is 7.57. The predicted molar refractivity (Wildman–Crippen MR) is 57.2 cm³/mol. The molecular weight excluding hydrogens is 243 g/mol. The molecular formula is C9H16F3NO2S. The third kappa shape index (κ3) is 7.81. The lowest BCUT2D eigenvalue weighted by Gasteiger charge is -2.15. The molecule has 7 heteroatoms. The van der Waals surface area contributed by atoms with Gasteiger partial charge in [0, 0.05) is 12.3 Å². The molecule has 0 aliphatic heterocycles. The first-order chi connectivity index (χ1) is 7.40. The minimum absolute atomic E-state index is 0.104. The zero-order valence-electron chi connectivity index (χ0n) is 9.26. The number of alkyl halides is 3. The van der Waals surface area contributed by atoms with Gasteiger partial charge in [-0.2, -0.15) is 13.2 Å². The highest BCUT2D eigenvalue weighted by Gasteiger charge is 2.27. The minimum atomic E-state index is -4.21. The van der Waals surface area contributed by atoms with Crippen LogP contribution in [0.2, 0.25) is 0 Å². The largest absolute Gasteiger partial charge is 0.465 e. The fourth-order valence-electron chi connectivity index (χ4n) is 1.04. The Hall–Kier alpha value is -0.430. The lowest BCUT2D eigenvalue weighted by Crippen LogP contribution is -2.38. The van der Waals surface area contributed by atoms with E-state index in [1.54, 1.807) is 13.8 Å².